The van der Waals surface area contributed by atoms with Crippen LogP contribution in [0.4, 0.5) is 0 Å². The van der Waals surface area contributed by atoms with E-state index in [4.69, 9.17) is 28.8 Å². The minimum atomic E-state index is -1.23. The average Bonchev–Trinajstić information content (AvgIpc) is 2.71. The van der Waals surface area contributed by atoms with E-state index < -0.39 is 35.7 Å². The Morgan fingerprint density at radius 1 is 1.25 bits per heavy atom. The molecule has 1 aromatic carbocycles. The van der Waals surface area contributed by atoms with E-state index in [-0.39, 0.29) is 17.3 Å². The predicted octanol–water partition coefficient (Wildman–Crippen LogP) is 1.44. The minimum Gasteiger partial charge on any atom is -0.493 e. The third-order valence-corrected chi connectivity index (χ3v) is 4.47. The van der Waals surface area contributed by atoms with E-state index >= 15 is 0 Å². The highest BCUT2D eigenvalue weighted by Crippen LogP contribution is 2.47. The number of methoxy groups -OCH3 is 3. The van der Waals surface area contributed by atoms with Gasteiger partial charge in [-0.15, -0.1) is 0 Å². The Labute approximate surface area is 159 Å². The van der Waals surface area contributed by atoms with Crippen LogP contribution in [-0.2, 0) is 16.1 Å². The molecule has 148 valence electrons. The smallest absolute Gasteiger partial charge is 0.319 e. The molecule has 9 nitrogen and oxygen atoms in total. The van der Waals surface area contributed by atoms with Crippen LogP contribution in [0.5, 0.6) is 17.2 Å². The van der Waals surface area contributed by atoms with Crippen LogP contribution in [0.15, 0.2) is 33.5 Å². The van der Waals surface area contributed by atoms with E-state index in [1.807, 2.05) is 0 Å². The molecule has 2 atom stereocenters. The van der Waals surface area contributed by atoms with Crippen molar-refractivity contribution in [1.82, 2.24) is 0 Å². The third-order valence-electron chi connectivity index (χ3n) is 4.47. The highest BCUT2D eigenvalue weighted by atomic mass is 16.5. The normalized spacial score (nSPS) is 18.1. The summed E-state index contributed by atoms with van der Waals surface area (Å²) < 4.78 is 26.6. The lowest BCUT2D eigenvalue weighted by molar-refractivity contribution is -0.144. The topological polar surface area (TPSA) is 128 Å². The van der Waals surface area contributed by atoms with E-state index in [1.54, 1.807) is 18.2 Å². The lowest BCUT2D eigenvalue weighted by Crippen LogP contribution is -2.40. The van der Waals surface area contributed by atoms with Crippen LogP contribution < -0.4 is 19.6 Å². The van der Waals surface area contributed by atoms with Crippen molar-refractivity contribution in [2.24, 2.45) is 5.92 Å². The fourth-order valence-corrected chi connectivity index (χ4v) is 3.26. The van der Waals surface area contributed by atoms with E-state index in [2.05, 4.69) is 0 Å². The zero-order valence-corrected chi connectivity index (χ0v) is 15.5. The first-order valence-electron chi connectivity index (χ1n) is 8.29. The molecule has 28 heavy (non-hydrogen) atoms. The number of carbonyl (C=O) groups excluding carboxylic acids is 1. The quantitative estimate of drug-likeness (QED) is 0.735. The van der Waals surface area contributed by atoms with Gasteiger partial charge in [0, 0.05) is 11.6 Å². The first kappa shape index (κ1) is 19.4. The Balaban J connectivity index is 2.35. The number of nitrogens with one attached hydrogen (secondary N) is 1. The minimum absolute atomic E-state index is 0.00346. The van der Waals surface area contributed by atoms with Crippen molar-refractivity contribution in [2.45, 2.75) is 12.5 Å². The van der Waals surface area contributed by atoms with E-state index in [0.29, 0.717) is 17.1 Å². The van der Waals surface area contributed by atoms with Gasteiger partial charge < -0.3 is 28.5 Å². The molecule has 2 aromatic rings. The molecule has 0 spiro atoms. The highest BCUT2D eigenvalue weighted by molar-refractivity contribution is 6.00. The summed E-state index contributed by atoms with van der Waals surface area (Å²) in [5, 5.41) is 17.6. The number of ether oxygens (including phenoxy) is 4. The molecular formula is C19H19NO8. The fraction of sp³-hybridized carbons (Fsp3) is 0.316. The van der Waals surface area contributed by atoms with Crippen LogP contribution in [0.25, 0.3) is 0 Å². The summed E-state index contributed by atoms with van der Waals surface area (Å²) in [4.78, 5) is 24.9. The van der Waals surface area contributed by atoms with Gasteiger partial charge in [-0.2, -0.15) is 0 Å². The Hall–Kier alpha value is -3.33. The maximum Gasteiger partial charge on any atom is 0.319 e. The number of carbonyl (C=O) groups is 1. The number of hydrogen-bond donors (Lipinski definition) is 2. The third kappa shape index (κ3) is 3.09. The number of para-hydroxylation sites is 1. The van der Waals surface area contributed by atoms with Crippen molar-refractivity contribution >= 4 is 11.9 Å². The number of hydrogen-bond acceptors (Lipinski definition) is 9. The van der Waals surface area contributed by atoms with E-state index in [1.165, 1.54) is 21.3 Å². The zero-order chi connectivity index (χ0) is 20.4. The second-order valence-electron chi connectivity index (χ2n) is 5.96. The van der Waals surface area contributed by atoms with Gasteiger partial charge in [-0.05, 0) is 6.07 Å². The summed E-state index contributed by atoms with van der Waals surface area (Å²) >= 11 is 0. The Morgan fingerprint density at radius 2 is 2.00 bits per heavy atom. The van der Waals surface area contributed by atoms with Crippen molar-refractivity contribution in [3.63, 3.8) is 0 Å². The van der Waals surface area contributed by atoms with Crippen molar-refractivity contribution in [2.75, 3.05) is 21.3 Å². The molecule has 0 fully saturated rings. The number of rotatable bonds is 5. The Kier molecular flexibility index (Phi) is 5.36. The average molecular weight is 389 g/mol. The van der Waals surface area contributed by atoms with Gasteiger partial charge in [0.15, 0.2) is 17.3 Å². The van der Waals surface area contributed by atoms with Crippen LogP contribution in [0.1, 0.15) is 23.0 Å². The Morgan fingerprint density at radius 3 is 2.61 bits per heavy atom. The van der Waals surface area contributed by atoms with Gasteiger partial charge in [-0.3, -0.25) is 15.0 Å². The molecule has 0 saturated carbocycles. The maximum atomic E-state index is 12.5. The van der Waals surface area contributed by atoms with Crippen LogP contribution in [0.3, 0.4) is 0 Å². The molecule has 1 aromatic heterocycles. The van der Waals surface area contributed by atoms with Gasteiger partial charge in [0.1, 0.15) is 18.3 Å². The molecular weight excluding hydrogens is 370 g/mol. The number of benzene rings is 1. The first-order valence-corrected chi connectivity index (χ1v) is 8.29. The summed E-state index contributed by atoms with van der Waals surface area (Å²) in [7, 11) is 4.08. The molecule has 1 aliphatic heterocycles. The predicted molar refractivity (Wildman–Crippen MR) is 96.2 cm³/mol. The second-order valence-corrected chi connectivity index (χ2v) is 5.96. The van der Waals surface area contributed by atoms with E-state index in [0.717, 1.165) is 6.07 Å². The monoisotopic (exact) mass is 389 g/mol. The lowest BCUT2D eigenvalue weighted by Gasteiger charge is -2.31. The summed E-state index contributed by atoms with van der Waals surface area (Å²) in [6.45, 7) is -0.523. The van der Waals surface area contributed by atoms with Crippen molar-refractivity contribution in [3.05, 3.63) is 51.6 Å². The van der Waals surface area contributed by atoms with Crippen LogP contribution in [-0.4, -0.2) is 38.3 Å². The molecule has 0 saturated heterocycles. The SMILES string of the molecule is COC(=O)C1C(=N)Oc2c(oc(CO)cc2=O)C1c1cccc(OC)c1OC. The van der Waals surface area contributed by atoms with Crippen LogP contribution in [0, 0.1) is 11.3 Å². The number of aliphatic hydroxyl groups is 1. The summed E-state index contributed by atoms with van der Waals surface area (Å²) in [6, 6.07) is 6.08. The number of esters is 1. The maximum absolute atomic E-state index is 12.5. The molecule has 2 unspecified atom stereocenters. The van der Waals surface area contributed by atoms with Gasteiger partial charge >= 0.3 is 5.97 Å². The number of fused-ring (bicyclic) bond motifs is 1. The highest BCUT2D eigenvalue weighted by Gasteiger charge is 2.46. The van der Waals surface area contributed by atoms with Gasteiger partial charge in [0.2, 0.25) is 17.1 Å². The zero-order valence-electron chi connectivity index (χ0n) is 15.5. The molecule has 2 heterocycles. The summed E-state index contributed by atoms with van der Waals surface area (Å²) in [5.74, 6) is -2.93. The molecule has 3 rings (SSSR count). The molecule has 0 bridgehead atoms. The fourth-order valence-electron chi connectivity index (χ4n) is 3.26. The standard InChI is InChI=1S/C19H19NO8/c1-24-12-6-4-5-10(15(12)25-2)13-14(19(23)26-3)18(20)28-16-11(22)7-9(8-21)27-17(13)16/h4-7,13-14,20-21H,8H2,1-3H3. The van der Waals surface area contributed by atoms with Crippen molar-refractivity contribution in [1.29, 1.82) is 5.41 Å². The van der Waals surface area contributed by atoms with Crippen LogP contribution in [0.2, 0.25) is 0 Å². The van der Waals surface area contributed by atoms with Crippen LogP contribution >= 0.6 is 0 Å². The second kappa shape index (κ2) is 7.73. The first-order chi connectivity index (χ1) is 13.5. The molecule has 9 heteroatoms. The molecule has 0 radical (unpaired) electrons. The molecule has 0 aliphatic carbocycles. The van der Waals surface area contributed by atoms with Crippen molar-refractivity contribution in [3.8, 4) is 17.2 Å². The number of aliphatic hydroxyl groups excluding tert-OH is 1. The molecule has 1 aliphatic rings. The lowest BCUT2D eigenvalue weighted by atomic mass is 9.81. The molecule has 0 amide bonds. The van der Waals surface area contributed by atoms with Crippen molar-refractivity contribution < 1.29 is 33.3 Å². The van der Waals surface area contributed by atoms with Gasteiger partial charge in [-0.1, -0.05) is 12.1 Å². The Bertz CT molecular complexity index is 980. The van der Waals surface area contributed by atoms with Gasteiger partial charge in [0.05, 0.1) is 27.2 Å². The van der Waals surface area contributed by atoms with Gasteiger partial charge in [-0.25, -0.2) is 0 Å². The summed E-state index contributed by atoms with van der Waals surface area (Å²) in [5.41, 5.74) is -0.144. The largest absolute Gasteiger partial charge is 0.493 e. The molecule has 2 N–H and O–H groups in total. The van der Waals surface area contributed by atoms with E-state index in [9.17, 15) is 14.7 Å². The van der Waals surface area contributed by atoms with Gasteiger partial charge in [0.25, 0.3) is 0 Å². The summed E-state index contributed by atoms with van der Waals surface area (Å²) in [6.07, 6.45) is 0.